The molecule has 0 bridgehead atoms. The van der Waals surface area contributed by atoms with Crippen molar-refractivity contribution in [2.24, 2.45) is 5.92 Å². The minimum absolute atomic E-state index is 0.0200. The molecule has 0 N–H and O–H groups in total. The number of rotatable bonds is 4. The van der Waals surface area contributed by atoms with Crippen LogP contribution in [0.1, 0.15) is 45.4 Å². The number of carbonyl (C=O) groups is 2. The Labute approximate surface area is 96.9 Å². The van der Waals surface area contributed by atoms with Gasteiger partial charge in [-0.15, -0.1) is 0 Å². The van der Waals surface area contributed by atoms with Gasteiger partial charge in [0.1, 0.15) is 0 Å². The molecule has 0 heterocycles. The zero-order valence-electron chi connectivity index (χ0n) is 10.1. The molecule has 3 nitrogen and oxygen atoms in total. The van der Waals surface area contributed by atoms with Crippen LogP contribution in [0.3, 0.4) is 0 Å². The average Bonchev–Trinajstić information content (AvgIpc) is 2.35. The molecule has 0 unspecified atom stereocenters. The smallest absolute Gasteiger partial charge is 0.341 e. The maximum atomic E-state index is 12.1. The molecule has 1 aliphatic carbocycles. The Morgan fingerprint density at radius 2 is 1.88 bits per heavy atom. The number of hydrogen-bond donors (Lipinski definition) is 0. The summed E-state index contributed by atoms with van der Waals surface area (Å²) in [7, 11) is 1.32. The quantitative estimate of drug-likeness (QED) is 0.319. The number of hydrogen-bond acceptors (Lipinski definition) is 3. The monoisotopic (exact) mass is 224 g/mol. The van der Waals surface area contributed by atoms with Crippen LogP contribution in [0.5, 0.6) is 0 Å². The van der Waals surface area contributed by atoms with Crippen molar-refractivity contribution in [1.29, 1.82) is 0 Å². The summed E-state index contributed by atoms with van der Waals surface area (Å²) in [4.78, 5) is 23.6. The van der Waals surface area contributed by atoms with Gasteiger partial charge in [0.2, 0.25) is 0 Å². The van der Waals surface area contributed by atoms with E-state index in [2.05, 4.69) is 4.74 Å². The van der Waals surface area contributed by atoms with Crippen molar-refractivity contribution in [2.75, 3.05) is 7.11 Å². The molecule has 0 amide bonds. The number of Topliss-reactive ketones (excluding diaryl/α,β-unsaturated/α-hetero) is 1. The molecular weight excluding hydrogens is 204 g/mol. The van der Waals surface area contributed by atoms with Crippen LogP contribution >= 0.6 is 0 Å². The summed E-state index contributed by atoms with van der Waals surface area (Å²) in [5.41, 5.74) is 0.247. The molecule has 0 saturated heterocycles. The van der Waals surface area contributed by atoms with E-state index in [-0.39, 0.29) is 17.3 Å². The summed E-state index contributed by atoms with van der Waals surface area (Å²) in [5.74, 6) is -0.475. The zero-order valence-corrected chi connectivity index (χ0v) is 10.1. The summed E-state index contributed by atoms with van der Waals surface area (Å²) < 4.78 is 4.65. The highest BCUT2D eigenvalue weighted by atomic mass is 16.5. The molecule has 90 valence electrons. The first-order chi connectivity index (χ1) is 7.70. The predicted octanol–water partition coefficient (Wildman–Crippen LogP) is 2.65. The molecule has 16 heavy (non-hydrogen) atoms. The van der Waals surface area contributed by atoms with E-state index in [4.69, 9.17) is 0 Å². The number of allylic oxidation sites excluding steroid dienone is 1. The van der Waals surface area contributed by atoms with Crippen LogP contribution in [0.2, 0.25) is 0 Å². The molecule has 0 spiro atoms. The topological polar surface area (TPSA) is 43.4 Å². The SMILES string of the molecule is CC/C=C(\C(=O)OC)C(=O)C1CCCCC1. The van der Waals surface area contributed by atoms with Crippen LogP contribution in [0.4, 0.5) is 0 Å². The third-order valence-corrected chi connectivity index (χ3v) is 3.05. The highest BCUT2D eigenvalue weighted by molar-refractivity contribution is 6.18. The summed E-state index contributed by atoms with van der Waals surface area (Å²) >= 11 is 0. The van der Waals surface area contributed by atoms with E-state index in [0.717, 1.165) is 25.7 Å². The molecule has 1 fully saturated rings. The number of esters is 1. The highest BCUT2D eigenvalue weighted by Crippen LogP contribution is 2.27. The van der Waals surface area contributed by atoms with E-state index in [1.54, 1.807) is 6.08 Å². The number of carbonyl (C=O) groups excluding carboxylic acids is 2. The molecule has 0 aromatic rings. The first kappa shape index (κ1) is 12.9. The van der Waals surface area contributed by atoms with Crippen molar-refractivity contribution in [1.82, 2.24) is 0 Å². The average molecular weight is 224 g/mol. The van der Waals surface area contributed by atoms with Crippen LogP contribution < -0.4 is 0 Å². The maximum absolute atomic E-state index is 12.1. The van der Waals surface area contributed by atoms with E-state index in [0.29, 0.717) is 6.42 Å². The van der Waals surface area contributed by atoms with Gasteiger partial charge in [-0.2, -0.15) is 0 Å². The Morgan fingerprint density at radius 3 is 2.38 bits per heavy atom. The van der Waals surface area contributed by atoms with Crippen molar-refractivity contribution < 1.29 is 14.3 Å². The molecule has 0 aliphatic heterocycles. The molecule has 1 saturated carbocycles. The molecular formula is C13H20O3. The van der Waals surface area contributed by atoms with Crippen LogP contribution in [0.15, 0.2) is 11.6 Å². The minimum atomic E-state index is -0.488. The van der Waals surface area contributed by atoms with Gasteiger partial charge in [0.25, 0.3) is 0 Å². The lowest BCUT2D eigenvalue weighted by Gasteiger charge is -2.20. The Morgan fingerprint density at radius 1 is 1.25 bits per heavy atom. The lowest BCUT2D eigenvalue weighted by molar-refractivity contribution is -0.138. The molecule has 3 heteroatoms. The van der Waals surface area contributed by atoms with Gasteiger partial charge < -0.3 is 4.74 Å². The second kappa shape index (κ2) is 6.46. The fraction of sp³-hybridized carbons (Fsp3) is 0.692. The molecule has 0 aromatic carbocycles. The van der Waals surface area contributed by atoms with Gasteiger partial charge in [-0.05, 0) is 19.3 Å². The molecule has 1 rings (SSSR count). The van der Waals surface area contributed by atoms with Crippen LogP contribution in [0, 0.1) is 5.92 Å². The highest BCUT2D eigenvalue weighted by Gasteiger charge is 2.27. The standard InChI is InChI=1S/C13H20O3/c1-3-7-11(13(15)16-2)12(14)10-8-5-4-6-9-10/h7,10H,3-6,8-9H2,1-2H3/b11-7-. The lowest BCUT2D eigenvalue weighted by atomic mass is 9.83. The van der Waals surface area contributed by atoms with E-state index in [1.807, 2.05) is 6.92 Å². The first-order valence-electron chi connectivity index (χ1n) is 6.03. The normalized spacial score (nSPS) is 18.2. The number of ether oxygens (including phenoxy) is 1. The minimum Gasteiger partial charge on any atom is -0.465 e. The molecule has 0 radical (unpaired) electrons. The van der Waals surface area contributed by atoms with Gasteiger partial charge in [0.05, 0.1) is 12.7 Å². The summed E-state index contributed by atoms with van der Waals surface area (Å²) in [5, 5.41) is 0. The summed E-state index contributed by atoms with van der Waals surface area (Å²) in [6.45, 7) is 1.91. The second-order valence-corrected chi connectivity index (χ2v) is 4.22. The Bertz CT molecular complexity index is 286. The number of ketones is 1. The fourth-order valence-corrected chi connectivity index (χ4v) is 2.18. The fourth-order valence-electron chi connectivity index (χ4n) is 2.18. The molecule has 0 aromatic heterocycles. The van der Waals surface area contributed by atoms with Crippen molar-refractivity contribution in [3.05, 3.63) is 11.6 Å². The summed E-state index contributed by atoms with van der Waals surface area (Å²) in [6, 6.07) is 0. The zero-order chi connectivity index (χ0) is 12.0. The van der Waals surface area contributed by atoms with E-state index in [1.165, 1.54) is 13.5 Å². The Balaban J connectivity index is 2.74. The van der Waals surface area contributed by atoms with E-state index in [9.17, 15) is 9.59 Å². The van der Waals surface area contributed by atoms with Gasteiger partial charge in [-0.3, -0.25) is 4.79 Å². The lowest BCUT2D eigenvalue weighted by Crippen LogP contribution is -2.24. The van der Waals surface area contributed by atoms with Crippen LogP contribution in [-0.2, 0) is 14.3 Å². The van der Waals surface area contributed by atoms with Gasteiger partial charge in [0.15, 0.2) is 5.78 Å². The van der Waals surface area contributed by atoms with E-state index < -0.39 is 5.97 Å². The van der Waals surface area contributed by atoms with Gasteiger partial charge in [0, 0.05) is 5.92 Å². The third kappa shape index (κ3) is 3.19. The predicted molar refractivity (Wildman–Crippen MR) is 62.0 cm³/mol. The molecule has 0 atom stereocenters. The van der Waals surface area contributed by atoms with Gasteiger partial charge in [-0.1, -0.05) is 32.3 Å². The second-order valence-electron chi connectivity index (χ2n) is 4.22. The van der Waals surface area contributed by atoms with Crippen molar-refractivity contribution in [3.8, 4) is 0 Å². The van der Waals surface area contributed by atoms with E-state index >= 15 is 0 Å². The van der Waals surface area contributed by atoms with Crippen molar-refractivity contribution in [2.45, 2.75) is 45.4 Å². The third-order valence-electron chi connectivity index (χ3n) is 3.05. The largest absolute Gasteiger partial charge is 0.465 e. The summed E-state index contributed by atoms with van der Waals surface area (Å²) in [6.07, 6.45) is 7.59. The first-order valence-corrected chi connectivity index (χ1v) is 6.03. The van der Waals surface area contributed by atoms with Crippen LogP contribution in [0.25, 0.3) is 0 Å². The van der Waals surface area contributed by atoms with Crippen LogP contribution in [-0.4, -0.2) is 18.9 Å². The Hall–Kier alpha value is -1.12. The maximum Gasteiger partial charge on any atom is 0.341 e. The van der Waals surface area contributed by atoms with Crippen molar-refractivity contribution >= 4 is 11.8 Å². The van der Waals surface area contributed by atoms with Gasteiger partial charge in [-0.25, -0.2) is 4.79 Å². The Kier molecular flexibility index (Phi) is 5.23. The van der Waals surface area contributed by atoms with Crippen molar-refractivity contribution in [3.63, 3.8) is 0 Å². The molecule has 1 aliphatic rings. The van der Waals surface area contributed by atoms with Gasteiger partial charge >= 0.3 is 5.97 Å². The number of methoxy groups -OCH3 is 1.